The first-order valence-corrected chi connectivity index (χ1v) is 4.72. The average molecular weight is 219 g/mol. The third-order valence-electron chi connectivity index (χ3n) is 2.18. The lowest BCUT2D eigenvalue weighted by molar-refractivity contribution is 0.631. The lowest BCUT2D eigenvalue weighted by Crippen LogP contribution is -2.19. The molecule has 0 aliphatic rings. The average Bonchev–Trinajstić information content (AvgIpc) is 2.28. The summed E-state index contributed by atoms with van der Waals surface area (Å²) in [5.74, 6) is -0.0850. The number of aromatic nitrogens is 2. The Morgan fingerprint density at radius 2 is 2.06 bits per heavy atom. The molecule has 0 spiro atoms. The molecule has 0 aliphatic heterocycles. The third-order valence-corrected chi connectivity index (χ3v) is 2.18. The molecule has 1 N–H and O–H groups in total. The van der Waals surface area contributed by atoms with Crippen molar-refractivity contribution in [3.8, 4) is 0 Å². The van der Waals surface area contributed by atoms with Gasteiger partial charge in [0.25, 0.3) is 5.56 Å². The Morgan fingerprint density at radius 3 is 2.81 bits per heavy atom. The molecule has 0 radical (unpaired) electrons. The number of anilines is 2. The Kier molecular flexibility index (Phi) is 2.68. The van der Waals surface area contributed by atoms with Crippen LogP contribution in [0.2, 0.25) is 0 Å². The van der Waals surface area contributed by atoms with Crippen LogP contribution in [0.5, 0.6) is 0 Å². The van der Waals surface area contributed by atoms with E-state index in [1.165, 1.54) is 22.9 Å². The number of rotatable bonds is 2. The molecule has 0 unspecified atom stereocenters. The lowest BCUT2D eigenvalue weighted by atomic mass is 10.3. The molecule has 0 atom stereocenters. The summed E-state index contributed by atoms with van der Waals surface area (Å²) in [5.41, 5.74) is 0.0880. The molecule has 4 nitrogen and oxygen atoms in total. The van der Waals surface area contributed by atoms with Crippen LogP contribution in [-0.4, -0.2) is 9.55 Å². The first-order valence-electron chi connectivity index (χ1n) is 4.72. The van der Waals surface area contributed by atoms with E-state index in [2.05, 4.69) is 10.3 Å². The van der Waals surface area contributed by atoms with E-state index >= 15 is 0 Å². The van der Waals surface area contributed by atoms with Crippen LogP contribution in [0.4, 0.5) is 16.0 Å². The first kappa shape index (κ1) is 10.4. The van der Waals surface area contributed by atoms with E-state index < -0.39 is 0 Å². The predicted molar refractivity (Wildman–Crippen MR) is 59.2 cm³/mol. The highest BCUT2D eigenvalue weighted by Crippen LogP contribution is 2.16. The van der Waals surface area contributed by atoms with Gasteiger partial charge in [-0.1, -0.05) is 12.1 Å². The minimum Gasteiger partial charge on any atom is -0.323 e. The molecular weight excluding hydrogens is 209 g/mol. The summed E-state index contributed by atoms with van der Waals surface area (Å²) in [6.07, 6.45) is 1.38. The number of hydrogen-bond acceptors (Lipinski definition) is 3. The maximum Gasteiger partial charge on any atom is 0.254 e. The summed E-state index contributed by atoms with van der Waals surface area (Å²) < 4.78 is 14.6. The van der Waals surface area contributed by atoms with Gasteiger partial charge < -0.3 is 5.32 Å². The molecule has 0 bridgehead atoms. The van der Waals surface area contributed by atoms with Crippen molar-refractivity contribution >= 4 is 11.6 Å². The molecule has 0 saturated heterocycles. The van der Waals surface area contributed by atoms with Gasteiger partial charge in [0.1, 0.15) is 5.82 Å². The molecule has 0 saturated carbocycles. The van der Waals surface area contributed by atoms with Crippen LogP contribution in [-0.2, 0) is 7.05 Å². The molecule has 0 amide bonds. The topological polar surface area (TPSA) is 46.9 Å². The van der Waals surface area contributed by atoms with E-state index in [1.807, 2.05) is 0 Å². The van der Waals surface area contributed by atoms with Gasteiger partial charge in [0.15, 0.2) is 0 Å². The number of para-hydroxylation sites is 1. The van der Waals surface area contributed by atoms with Crippen molar-refractivity contribution in [1.29, 1.82) is 0 Å². The van der Waals surface area contributed by atoms with Crippen molar-refractivity contribution in [2.75, 3.05) is 5.32 Å². The van der Waals surface area contributed by atoms with Crippen molar-refractivity contribution in [3.63, 3.8) is 0 Å². The Bertz CT molecular complexity index is 565. The second kappa shape index (κ2) is 4.14. The molecule has 1 heterocycles. The van der Waals surface area contributed by atoms with Gasteiger partial charge in [0.05, 0.1) is 5.69 Å². The highest BCUT2D eigenvalue weighted by Gasteiger charge is 2.04. The summed E-state index contributed by atoms with van der Waals surface area (Å²) >= 11 is 0. The summed E-state index contributed by atoms with van der Waals surface area (Å²) in [7, 11) is 1.57. The van der Waals surface area contributed by atoms with Crippen LogP contribution < -0.4 is 10.9 Å². The van der Waals surface area contributed by atoms with Gasteiger partial charge >= 0.3 is 0 Å². The predicted octanol–water partition coefficient (Wildman–Crippen LogP) is 1.66. The molecule has 5 heteroatoms. The molecule has 1 aromatic heterocycles. The van der Waals surface area contributed by atoms with E-state index in [4.69, 9.17) is 0 Å². The van der Waals surface area contributed by atoms with Crippen LogP contribution in [0.1, 0.15) is 0 Å². The molecular formula is C11H10FN3O. The van der Waals surface area contributed by atoms with Gasteiger partial charge in [0, 0.05) is 19.3 Å². The fraction of sp³-hybridized carbons (Fsp3) is 0.0909. The highest BCUT2D eigenvalue weighted by molar-refractivity contribution is 5.53. The second-order valence-electron chi connectivity index (χ2n) is 3.27. The summed E-state index contributed by atoms with van der Waals surface area (Å²) in [6.45, 7) is 0. The largest absolute Gasteiger partial charge is 0.323 e. The van der Waals surface area contributed by atoms with E-state index in [1.54, 1.807) is 25.2 Å². The van der Waals surface area contributed by atoms with Crippen LogP contribution in [0.3, 0.4) is 0 Å². The van der Waals surface area contributed by atoms with Gasteiger partial charge in [-0.25, -0.2) is 9.37 Å². The summed E-state index contributed by atoms with van der Waals surface area (Å²) in [5, 5.41) is 2.76. The standard InChI is InChI=1S/C11H10FN3O/c1-15-10(16)6-7-13-11(15)14-9-5-3-2-4-8(9)12/h2-7H,1H3,(H,13,14). The highest BCUT2D eigenvalue weighted by atomic mass is 19.1. The number of halogens is 1. The quantitative estimate of drug-likeness (QED) is 0.835. The van der Waals surface area contributed by atoms with Crippen molar-refractivity contribution in [2.24, 2.45) is 7.05 Å². The zero-order valence-electron chi connectivity index (χ0n) is 8.64. The SMILES string of the molecule is Cn1c(Nc2ccccc2F)nccc1=O. The van der Waals surface area contributed by atoms with Gasteiger partial charge in [-0.2, -0.15) is 0 Å². The molecule has 0 aliphatic carbocycles. The maximum atomic E-state index is 13.3. The van der Waals surface area contributed by atoms with Crippen LogP contribution in [0.25, 0.3) is 0 Å². The minimum atomic E-state index is -0.388. The van der Waals surface area contributed by atoms with Crippen molar-refractivity contribution in [2.45, 2.75) is 0 Å². The van der Waals surface area contributed by atoms with Gasteiger partial charge in [-0.05, 0) is 12.1 Å². The van der Waals surface area contributed by atoms with Gasteiger partial charge in [-0.3, -0.25) is 9.36 Å². The van der Waals surface area contributed by atoms with Gasteiger partial charge in [-0.15, -0.1) is 0 Å². The Balaban J connectivity index is 2.38. The Morgan fingerprint density at radius 1 is 1.31 bits per heavy atom. The van der Waals surface area contributed by atoms with Crippen LogP contribution >= 0.6 is 0 Å². The van der Waals surface area contributed by atoms with Crippen molar-refractivity contribution < 1.29 is 4.39 Å². The lowest BCUT2D eigenvalue weighted by Gasteiger charge is -2.09. The van der Waals surface area contributed by atoms with E-state index in [0.29, 0.717) is 5.95 Å². The van der Waals surface area contributed by atoms with Crippen molar-refractivity contribution in [3.05, 3.63) is 52.7 Å². The zero-order chi connectivity index (χ0) is 11.5. The van der Waals surface area contributed by atoms with Crippen LogP contribution in [0.15, 0.2) is 41.3 Å². The fourth-order valence-corrected chi connectivity index (χ4v) is 1.27. The number of benzene rings is 1. The first-order chi connectivity index (χ1) is 7.68. The maximum absolute atomic E-state index is 13.3. The summed E-state index contributed by atoms with van der Waals surface area (Å²) in [6, 6.07) is 7.55. The third kappa shape index (κ3) is 1.93. The second-order valence-corrected chi connectivity index (χ2v) is 3.27. The molecule has 2 rings (SSSR count). The molecule has 16 heavy (non-hydrogen) atoms. The number of hydrogen-bond donors (Lipinski definition) is 1. The molecule has 1 aromatic carbocycles. The molecule has 82 valence electrons. The Hall–Kier alpha value is -2.17. The number of nitrogens with one attached hydrogen (secondary N) is 1. The zero-order valence-corrected chi connectivity index (χ0v) is 8.64. The van der Waals surface area contributed by atoms with Crippen molar-refractivity contribution in [1.82, 2.24) is 9.55 Å². The summed E-state index contributed by atoms with van der Waals surface area (Å²) in [4.78, 5) is 15.3. The fourth-order valence-electron chi connectivity index (χ4n) is 1.27. The smallest absolute Gasteiger partial charge is 0.254 e. The number of nitrogens with zero attached hydrogens (tertiary/aromatic N) is 2. The van der Waals surface area contributed by atoms with Gasteiger partial charge in [0.2, 0.25) is 5.95 Å². The normalized spacial score (nSPS) is 10.1. The monoisotopic (exact) mass is 219 g/mol. The molecule has 0 fully saturated rings. The van der Waals surface area contributed by atoms with Crippen LogP contribution in [0, 0.1) is 5.82 Å². The molecule has 2 aromatic rings. The van der Waals surface area contributed by atoms with E-state index in [-0.39, 0.29) is 17.1 Å². The minimum absolute atomic E-state index is 0.200. The van der Waals surface area contributed by atoms with E-state index in [9.17, 15) is 9.18 Å². The van der Waals surface area contributed by atoms with E-state index in [0.717, 1.165) is 0 Å². The Labute approximate surface area is 91.4 Å².